The fourth-order valence-corrected chi connectivity index (χ4v) is 3.66. The fraction of sp³-hybridized carbons (Fsp3) is 0.250. The van der Waals surface area contributed by atoms with Crippen molar-refractivity contribution in [3.63, 3.8) is 0 Å². The van der Waals surface area contributed by atoms with Gasteiger partial charge in [-0.05, 0) is 49.6 Å². The van der Waals surface area contributed by atoms with E-state index in [1.54, 1.807) is 40.0 Å². The third-order valence-electron chi connectivity index (χ3n) is 5.52. The van der Waals surface area contributed by atoms with Crippen molar-refractivity contribution < 1.29 is 80.3 Å². The Morgan fingerprint density at radius 3 is 1.95 bits per heavy atom. The number of methoxy groups -OCH3 is 1. The average Bonchev–Trinajstić information content (AvgIpc) is 2.93. The van der Waals surface area contributed by atoms with Crippen LogP contribution in [0.4, 0.5) is 0 Å². The number of allylic oxidation sites excluding steroid dienone is 1. The van der Waals surface area contributed by atoms with Crippen LogP contribution in [0.3, 0.4) is 0 Å². The normalized spacial score (nSPS) is 11.7. The maximum atomic E-state index is 13.5. The molecule has 40 heavy (non-hydrogen) atoms. The summed E-state index contributed by atoms with van der Waals surface area (Å²) in [4.78, 5) is 27.1. The molecule has 1 amide bonds. The first-order chi connectivity index (χ1) is 18.6. The second-order valence-electron chi connectivity index (χ2n) is 9.81. The van der Waals surface area contributed by atoms with Crippen LogP contribution in [0.25, 0.3) is 0 Å². The van der Waals surface area contributed by atoms with E-state index >= 15 is 0 Å². The molecule has 3 aromatic carbocycles. The summed E-state index contributed by atoms with van der Waals surface area (Å²) < 4.78 is 16.2. The molecule has 0 aliphatic heterocycles. The predicted octanol–water partition coefficient (Wildman–Crippen LogP) is 1.91. The van der Waals surface area contributed by atoms with Gasteiger partial charge in [0.1, 0.15) is 11.4 Å². The number of rotatable bonds is 11. The number of carbonyl (C=O) groups excluding carboxylic acids is 2. The minimum Gasteiger partial charge on any atom is -0.607 e. The summed E-state index contributed by atoms with van der Waals surface area (Å²) in [6, 6.07) is 25.8. The molecule has 0 heterocycles. The molecular weight excluding hydrogens is 533 g/mol. The van der Waals surface area contributed by atoms with Crippen LogP contribution in [-0.2, 0) is 38.6 Å². The molecule has 0 saturated heterocycles. The van der Waals surface area contributed by atoms with Gasteiger partial charge >= 0.3 is 57.4 Å². The molecule has 0 aliphatic rings. The Labute approximate surface area is 278 Å². The fourth-order valence-electron chi connectivity index (χ4n) is 3.66. The zero-order valence-electron chi connectivity index (χ0n) is 23.8. The maximum absolute atomic E-state index is 13.5. The van der Waals surface area contributed by atoms with E-state index in [1.807, 2.05) is 72.8 Å². The number of amides is 1. The van der Waals surface area contributed by atoms with Gasteiger partial charge < -0.3 is 24.2 Å². The van der Waals surface area contributed by atoms with Crippen molar-refractivity contribution in [1.29, 1.82) is 0 Å². The number of hydrogen-bond donors (Lipinski definition) is 0. The van der Waals surface area contributed by atoms with Gasteiger partial charge in [0.2, 0.25) is 0 Å². The van der Waals surface area contributed by atoms with Crippen LogP contribution in [-0.4, -0.2) is 29.5 Å². The molecule has 0 N–H and O–H groups in total. The molecule has 0 saturated carbocycles. The first kappa shape index (κ1) is 33.3. The van der Waals surface area contributed by atoms with E-state index in [4.69, 9.17) is 14.2 Å². The Morgan fingerprint density at radius 1 is 0.825 bits per heavy atom. The van der Waals surface area contributed by atoms with Crippen LogP contribution in [0.2, 0.25) is 0 Å². The second kappa shape index (κ2) is 16.4. The van der Waals surface area contributed by atoms with E-state index in [2.05, 4.69) is 0 Å². The molecule has 0 aromatic heterocycles. The quantitative estimate of drug-likeness (QED) is 0.152. The van der Waals surface area contributed by atoms with E-state index in [-0.39, 0.29) is 76.7 Å². The first-order valence-electron chi connectivity index (χ1n) is 12.6. The Balaban J connectivity index is 0.00000560. The summed E-state index contributed by atoms with van der Waals surface area (Å²) in [7, 11) is 1.57. The van der Waals surface area contributed by atoms with Gasteiger partial charge in [-0.25, -0.2) is 4.79 Å². The third kappa shape index (κ3) is 11.3. The number of nitrogens with zero attached hydrogens (tertiary/aromatic N) is 1. The van der Waals surface area contributed by atoms with Crippen molar-refractivity contribution in [1.82, 2.24) is 4.90 Å². The predicted molar refractivity (Wildman–Crippen MR) is 147 cm³/mol. The molecule has 7 nitrogen and oxygen atoms in total. The monoisotopic (exact) mass is 567 g/mol. The average molecular weight is 568 g/mol. The Hall–Kier alpha value is -2.88. The molecule has 0 unspecified atom stereocenters. The summed E-state index contributed by atoms with van der Waals surface area (Å²) in [5.74, 6) is -1.18. The Kier molecular flexibility index (Phi) is 13.7. The summed E-state index contributed by atoms with van der Waals surface area (Å²) in [5.41, 5.74) is 1.85. The van der Waals surface area contributed by atoms with Gasteiger partial charge in [0.05, 0.1) is 19.6 Å². The molecule has 204 valence electrons. The van der Waals surface area contributed by atoms with Gasteiger partial charge in [-0.1, -0.05) is 72.8 Å². The smallest absolute Gasteiger partial charge is 0.607 e. The maximum Gasteiger partial charge on any atom is 1.00 e. The number of carbonyl (C=O) groups is 2. The number of benzene rings is 3. The minimum atomic E-state index is -0.709. The zero-order valence-corrected chi connectivity index (χ0v) is 26.9. The third-order valence-corrected chi connectivity index (χ3v) is 5.52. The van der Waals surface area contributed by atoms with Crippen molar-refractivity contribution in [3.05, 3.63) is 125 Å². The van der Waals surface area contributed by atoms with Crippen molar-refractivity contribution in [2.24, 2.45) is 0 Å². The first-order valence-corrected chi connectivity index (χ1v) is 12.6. The Morgan fingerprint density at radius 2 is 1.40 bits per heavy atom. The van der Waals surface area contributed by atoms with Gasteiger partial charge in [-0.2, -0.15) is 0 Å². The van der Waals surface area contributed by atoms with Crippen LogP contribution in [0.5, 0.6) is 5.75 Å². The molecule has 8 heteroatoms. The summed E-state index contributed by atoms with van der Waals surface area (Å²) in [6.45, 7) is 5.35. The van der Waals surface area contributed by atoms with Gasteiger partial charge in [0.25, 0.3) is 5.91 Å². The molecule has 0 bridgehead atoms. The van der Waals surface area contributed by atoms with Gasteiger partial charge in [-0.3, -0.25) is 4.79 Å². The topological polar surface area (TPSA) is 88.1 Å². The van der Waals surface area contributed by atoms with E-state index in [1.165, 1.54) is 4.90 Å². The molecule has 3 rings (SSSR count). The van der Waals surface area contributed by atoms with E-state index in [9.17, 15) is 14.7 Å². The summed E-state index contributed by atoms with van der Waals surface area (Å²) in [5, 5.41) is 13.5. The molecule has 3 aromatic rings. The zero-order chi connectivity index (χ0) is 28.3. The van der Waals surface area contributed by atoms with E-state index in [0.29, 0.717) is 5.75 Å². The standard InChI is InChI=1S/C32H35NO6.K/c1-32(2,3)39-30(35)20-19-29(34)33(22-25-15-17-27(37-4)18-16-25)28(21-24-11-7-5-8-12-24)31(36)38-23-26-13-9-6-10-14-26;/h5-20,36H,21-23H2,1-4H3;/q;+1/p-1/b20-19+,31-28?;. The van der Waals surface area contributed by atoms with Crippen LogP contribution in [0.1, 0.15) is 37.5 Å². The van der Waals surface area contributed by atoms with Crippen molar-refractivity contribution in [2.45, 2.75) is 45.9 Å². The molecule has 0 atom stereocenters. The molecule has 0 radical (unpaired) electrons. The van der Waals surface area contributed by atoms with Crippen LogP contribution in [0.15, 0.2) is 109 Å². The van der Waals surface area contributed by atoms with Crippen LogP contribution >= 0.6 is 0 Å². The van der Waals surface area contributed by atoms with E-state index < -0.39 is 23.4 Å². The molecular formula is C32H34KNO6. The summed E-state index contributed by atoms with van der Waals surface area (Å²) >= 11 is 0. The number of esters is 1. The van der Waals surface area contributed by atoms with Crippen molar-refractivity contribution in [2.75, 3.05) is 7.11 Å². The molecule has 0 spiro atoms. The minimum absolute atomic E-state index is 0. The van der Waals surface area contributed by atoms with Crippen LogP contribution in [0, 0.1) is 0 Å². The Bertz CT molecular complexity index is 1280. The van der Waals surface area contributed by atoms with Crippen LogP contribution < -0.4 is 61.2 Å². The SMILES string of the molecule is COc1ccc(CN(C(=O)/C=C/C(=O)OC(C)(C)C)C(Cc2ccccc2)=C([O-])OCc2ccccc2)cc1.[K+]. The van der Waals surface area contributed by atoms with E-state index in [0.717, 1.165) is 28.8 Å². The summed E-state index contributed by atoms with van der Waals surface area (Å²) in [6.07, 6.45) is 2.34. The number of ether oxygens (including phenoxy) is 3. The van der Waals surface area contributed by atoms with Crippen molar-refractivity contribution in [3.8, 4) is 5.75 Å². The van der Waals surface area contributed by atoms with Gasteiger partial charge in [0, 0.05) is 30.9 Å². The largest absolute Gasteiger partial charge is 1.00 e. The van der Waals surface area contributed by atoms with Crippen molar-refractivity contribution >= 4 is 11.9 Å². The number of hydrogen-bond acceptors (Lipinski definition) is 6. The van der Waals surface area contributed by atoms with Gasteiger partial charge in [0.15, 0.2) is 0 Å². The molecule has 0 fully saturated rings. The molecule has 0 aliphatic carbocycles. The van der Waals surface area contributed by atoms with Gasteiger partial charge in [-0.15, -0.1) is 0 Å². The second-order valence-corrected chi connectivity index (χ2v) is 9.81.